The molecule has 0 aliphatic rings. The van der Waals surface area contributed by atoms with E-state index in [2.05, 4.69) is 20.7 Å². The van der Waals surface area contributed by atoms with Gasteiger partial charge in [-0.05, 0) is 27.7 Å². The molecule has 0 bridgehead atoms. The van der Waals surface area contributed by atoms with Crippen molar-refractivity contribution in [2.75, 3.05) is 10.7 Å². The lowest BCUT2D eigenvalue weighted by Gasteiger charge is -2.31. The highest BCUT2D eigenvalue weighted by Gasteiger charge is 2.27. The number of anilines is 2. The van der Waals surface area contributed by atoms with E-state index in [1.807, 2.05) is 41.5 Å². The Labute approximate surface area is 121 Å². The Morgan fingerprint density at radius 2 is 1.60 bits per heavy atom. The molecule has 20 heavy (non-hydrogen) atoms. The number of nitrogen functional groups attached to an aromatic ring is 1. The van der Waals surface area contributed by atoms with E-state index >= 15 is 0 Å². The first kappa shape index (κ1) is 16.7. The fourth-order valence-corrected chi connectivity index (χ4v) is 1.52. The molecule has 114 valence electrons. The van der Waals surface area contributed by atoms with Gasteiger partial charge in [0.15, 0.2) is 0 Å². The zero-order valence-corrected chi connectivity index (χ0v) is 13.5. The van der Waals surface area contributed by atoms with Crippen LogP contribution in [0, 0.1) is 6.92 Å². The smallest absolute Gasteiger partial charge is 0.148 e. The van der Waals surface area contributed by atoms with Gasteiger partial charge >= 0.3 is 0 Å². The normalized spacial score (nSPS) is 14.1. The van der Waals surface area contributed by atoms with E-state index < -0.39 is 11.6 Å². The SMILES string of the molecule is Cc1c(NN)nc(C(C)(C)C)nc1NC(C)(C)C(C)O. The predicted octanol–water partition coefficient (Wildman–Crippen LogP) is 1.94. The Morgan fingerprint density at radius 1 is 1.10 bits per heavy atom. The van der Waals surface area contributed by atoms with Crippen molar-refractivity contribution in [2.24, 2.45) is 5.84 Å². The highest BCUT2D eigenvalue weighted by molar-refractivity contribution is 5.58. The van der Waals surface area contributed by atoms with Crippen molar-refractivity contribution in [3.8, 4) is 0 Å². The summed E-state index contributed by atoms with van der Waals surface area (Å²) in [5.74, 6) is 7.51. The number of hydrogen-bond donors (Lipinski definition) is 4. The fraction of sp³-hybridized carbons (Fsp3) is 0.714. The molecule has 0 aliphatic carbocycles. The van der Waals surface area contributed by atoms with Crippen LogP contribution in [-0.2, 0) is 5.41 Å². The highest BCUT2D eigenvalue weighted by atomic mass is 16.3. The molecule has 1 aromatic heterocycles. The average molecular weight is 281 g/mol. The van der Waals surface area contributed by atoms with Crippen molar-refractivity contribution >= 4 is 11.6 Å². The number of aliphatic hydroxyl groups excluding tert-OH is 1. The monoisotopic (exact) mass is 281 g/mol. The maximum Gasteiger partial charge on any atom is 0.148 e. The van der Waals surface area contributed by atoms with Crippen molar-refractivity contribution in [3.05, 3.63) is 11.4 Å². The second kappa shape index (κ2) is 5.54. The molecule has 1 rings (SSSR count). The van der Waals surface area contributed by atoms with Gasteiger partial charge in [-0.15, -0.1) is 0 Å². The van der Waals surface area contributed by atoms with Gasteiger partial charge in [-0.25, -0.2) is 15.8 Å². The number of hydrazine groups is 1. The third-order valence-corrected chi connectivity index (χ3v) is 3.44. The third kappa shape index (κ3) is 3.58. The van der Waals surface area contributed by atoms with Crippen LogP contribution < -0.4 is 16.6 Å². The average Bonchev–Trinajstić information content (AvgIpc) is 2.29. The summed E-state index contributed by atoms with van der Waals surface area (Å²) in [5.41, 5.74) is 2.75. The van der Waals surface area contributed by atoms with Gasteiger partial charge < -0.3 is 15.8 Å². The third-order valence-electron chi connectivity index (χ3n) is 3.44. The standard InChI is InChI=1S/C14H27N5O/c1-8-10(18-14(6,7)9(2)20)16-12(13(3,4)5)17-11(8)19-15/h9,20H,15H2,1-7H3,(H2,16,17,18,19). The van der Waals surface area contributed by atoms with Gasteiger partial charge in [0.05, 0.1) is 11.6 Å². The minimum atomic E-state index is -0.524. The maximum atomic E-state index is 9.84. The molecule has 0 aliphatic heterocycles. The van der Waals surface area contributed by atoms with Gasteiger partial charge in [0.2, 0.25) is 0 Å². The Bertz CT molecular complexity index is 477. The number of nitrogens with two attached hydrogens (primary N) is 1. The van der Waals surface area contributed by atoms with Crippen LogP contribution in [0.25, 0.3) is 0 Å². The first-order valence-corrected chi connectivity index (χ1v) is 6.81. The van der Waals surface area contributed by atoms with Crippen LogP contribution in [0.5, 0.6) is 0 Å². The molecule has 0 saturated heterocycles. The van der Waals surface area contributed by atoms with Crippen LogP contribution >= 0.6 is 0 Å². The Balaban J connectivity index is 3.32. The Kier molecular flexibility index (Phi) is 4.61. The summed E-state index contributed by atoms with van der Waals surface area (Å²) in [6.45, 7) is 13.6. The molecule has 1 aromatic rings. The second-order valence-electron chi connectivity index (χ2n) is 6.79. The molecule has 5 N–H and O–H groups in total. The lowest BCUT2D eigenvalue weighted by atomic mass is 9.95. The number of nitrogens with zero attached hydrogens (tertiary/aromatic N) is 2. The summed E-state index contributed by atoms with van der Waals surface area (Å²) in [7, 11) is 0. The molecule has 1 heterocycles. The number of hydrogen-bond acceptors (Lipinski definition) is 6. The minimum Gasteiger partial charge on any atom is -0.391 e. The molecule has 6 heteroatoms. The first-order chi connectivity index (χ1) is 8.99. The molecule has 1 unspecified atom stereocenters. The lowest BCUT2D eigenvalue weighted by Crippen LogP contribution is -2.42. The van der Waals surface area contributed by atoms with E-state index in [0.29, 0.717) is 17.5 Å². The van der Waals surface area contributed by atoms with Crippen LogP contribution in [0.1, 0.15) is 52.9 Å². The van der Waals surface area contributed by atoms with Gasteiger partial charge in [-0.3, -0.25) is 0 Å². The number of aromatic nitrogens is 2. The van der Waals surface area contributed by atoms with E-state index in [1.54, 1.807) is 6.92 Å². The Hall–Kier alpha value is -1.40. The van der Waals surface area contributed by atoms with Crippen molar-refractivity contribution < 1.29 is 5.11 Å². The van der Waals surface area contributed by atoms with Crippen molar-refractivity contribution in [3.63, 3.8) is 0 Å². The van der Waals surface area contributed by atoms with Crippen LogP contribution in [-0.4, -0.2) is 26.7 Å². The van der Waals surface area contributed by atoms with E-state index in [1.165, 1.54) is 0 Å². The zero-order valence-electron chi connectivity index (χ0n) is 13.5. The van der Waals surface area contributed by atoms with Gasteiger partial charge in [-0.2, -0.15) is 0 Å². The molecular formula is C14H27N5O. The first-order valence-electron chi connectivity index (χ1n) is 6.81. The topological polar surface area (TPSA) is 96.1 Å². The molecule has 1 atom stereocenters. The van der Waals surface area contributed by atoms with Gasteiger partial charge in [0, 0.05) is 11.0 Å². The molecule has 0 saturated carbocycles. The molecule has 0 aromatic carbocycles. The van der Waals surface area contributed by atoms with E-state index in [0.717, 1.165) is 5.56 Å². The molecule has 0 spiro atoms. The summed E-state index contributed by atoms with van der Waals surface area (Å²) in [6.07, 6.45) is -0.524. The summed E-state index contributed by atoms with van der Waals surface area (Å²) < 4.78 is 0. The molecular weight excluding hydrogens is 254 g/mol. The molecule has 0 radical (unpaired) electrons. The van der Waals surface area contributed by atoms with Gasteiger partial charge in [0.25, 0.3) is 0 Å². The molecule has 6 nitrogen and oxygen atoms in total. The zero-order chi connectivity index (χ0) is 15.7. The number of rotatable bonds is 4. The largest absolute Gasteiger partial charge is 0.391 e. The van der Waals surface area contributed by atoms with Crippen LogP contribution in [0.15, 0.2) is 0 Å². The van der Waals surface area contributed by atoms with Crippen molar-refractivity contribution in [1.29, 1.82) is 0 Å². The fourth-order valence-electron chi connectivity index (χ4n) is 1.52. The number of aliphatic hydroxyl groups is 1. The van der Waals surface area contributed by atoms with E-state index in [9.17, 15) is 5.11 Å². The second-order valence-corrected chi connectivity index (χ2v) is 6.79. The van der Waals surface area contributed by atoms with Crippen LogP contribution in [0.3, 0.4) is 0 Å². The maximum absolute atomic E-state index is 9.84. The summed E-state index contributed by atoms with van der Waals surface area (Å²) >= 11 is 0. The lowest BCUT2D eigenvalue weighted by molar-refractivity contribution is 0.133. The quantitative estimate of drug-likeness (QED) is 0.497. The summed E-state index contributed by atoms with van der Waals surface area (Å²) in [6, 6.07) is 0. The number of nitrogens with one attached hydrogen (secondary N) is 2. The molecule has 0 amide bonds. The van der Waals surface area contributed by atoms with Crippen LogP contribution in [0.2, 0.25) is 0 Å². The van der Waals surface area contributed by atoms with Crippen molar-refractivity contribution in [2.45, 2.75) is 65.5 Å². The highest BCUT2D eigenvalue weighted by Crippen LogP contribution is 2.28. The van der Waals surface area contributed by atoms with Gasteiger partial charge in [0.1, 0.15) is 17.5 Å². The van der Waals surface area contributed by atoms with Crippen molar-refractivity contribution in [1.82, 2.24) is 9.97 Å². The predicted molar refractivity (Wildman–Crippen MR) is 82.7 cm³/mol. The van der Waals surface area contributed by atoms with E-state index in [-0.39, 0.29) is 5.41 Å². The van der Waals surface area contributed by atoms with E-state index in [4.69, 9.17) is 5.84 Å². The molecule has 0 fully saturated rings. The summed E-state index contributed by atoms with van der Waals surface area (Å²) in [5, 5.41) is 13.1. The van der Waals surface area contributed by atoms with Crippen LogP contribution in [0.4, 0.5) is 11.6 Å². The van der Waals surface area contributed by atoms with Gasteiger partial charge in [-0.1, -0.05) is 20.8 Å². The summed E-state index contributed by atoms with van der Waals surface area (Å²) in [4.78, 5) is 9.04. The Morgan fingerprint density at radius 3 is 2.00 bits per heavy atom. The minimum absolute atomic E-state index is 0.190.